The average Bonchev–Trinajstić information content (AvgIpc) is 2.74. The topological polar surface area (TPSA) is 94.6 Å². The monoisotopic (exact) mass is 492 g/mol. The van der Waals surface area contributed by atoms with Crippen LogP contribution in [0.2, 0.25) is 15.1 Å². The first-order valence-electron chi connectivity index (χ1n) is 9.58. The van der Waals surface area contributed by atoms with Gasteiger partial charge in [-0.25, -0.2) is 4.79 Å². The summed E-state index contributed by atoms with van der Waals surface area (Å²) in [6.45, 7) is 3.63. The third kappa shape index (κ3) is 4.97. The Balaban J connectivity index is 1.99. The Labute approximate surface area is 200 Å². The van der Waals surface area contributed by atoms with Gasteiger partial charge in [0.15, 0.2) is 5.75 Å². The molecule has 32 heavy (non-hydrogen) atoms. The van der Waals surface area contributed by atoms with Gasteiger partial charge in [0.05, 0.1) is 28.1 Å². The van der Waals surface area contributed by atoms with Crippen LogP contribution in [0.25, 0.3) is 0 Å². The van der Waals surface area contributed by atoms with E-state index < -0.39 is 11.9 Å². The summed E-state index contributed by atoms with van der Waals surface area (Å²) in [7, 11) is 0. The molecule has 1 atom stereocenters. The minimum Gasteiger partial charge on any atom is -0.486 e. The first kappa shape index (κ1) is 23.8. The standard InChI is InChI=1S/C23H19Cl3N2O4/c1-3-30-23(29)19-12(2)32-22(28)16(10-27)20(19)14-8-17(25)21(18(26)9-14)31-11-13-4-6-15(24)7-5-13/h4-9,20H,3,11,28H2,1-2H3. The Hall–Kier alpha value is -2.85. The SMILES string of the molecule is CCOC(=O)C1=C(C)OC(N)=C(C#N)C1c1cc(Cl)c(OCc2ccc(Cl)cc2)c(Cl)c1. The van der Waals surface area contributed by atoms with Crippen molar-refractivity contribution in [1.82, 2.24) is 0 Å². The summed E-state index contributed by atoms with van der Waals surface area (Å²) < 4.78 is 16.4. The number of rotatable bonds is 6. The predicted octanol–water partition coefficient (Wildman–Crippen LogP) is 5.87. The maximum atomic E-state index is 12.6. The average molecular weight is 494 g/mol. The van der Waals surface area contributed by atoms with E-state index in [1.54, 1.807) is 38.1 Å². The van der Waals surface area contributed by atoms with Gasteiger partial charge in [-0.05, 0) is 49.2 Å². The van der Waals surface area contributed by atoms with Crippen LogP contribution in [0.3, 0.4) is 0 Å². The Bertz CT molecular complexity index is 1130. The van der Waals surface area contributed by atoms with Crippen LogP contribution in [0.15, 0.2) is 59.2 Å². The van der Waals surface area contributed by atoms with Gasteiger partial charge in [0.2, 0.25) is 5.88 Å². The molecule has 3 rings (SSSR count). The molecule has 1 heterocycles. The molecule has 0 radical (unpaired) electrons. The molecule has 1 unspecified atom stereocenters. The van der Waals surface area contributed by atoms with Gasteiger partial charge < -0.3 is 19.9 Å². The number of hydrogen-bond acceptors (Lipinski definition) is 6. The first-order chi connectivity index (χ1) is 15.3. The molecule has 1 aliphatic rings. The second-order valence-corrected chi connectivity index (χ2v) is 8.09. The van der Waals surface area contributed by atoms with E-state index in [0.717, 1.165) is 5.56 Å². The number of hydrogen-bond donors (Lipinski definition) is 1. The zero-order chi connectivity index (χ0) is 23.4. The molecular weight excluding hydrogens is 475 g/mol. The van der Waals surface area contributed by atoms with Crippen molar-refractivity contribution in [3.8, 4) is 11.8 Å². The van der Waals surface area contributed by atoms with Crippen molar-refractivity contribution in [2.45, 2.75) is 26.4 Å². The number of esters is 1. The first-order valence-corrected chi connectivity index (χ1v) is 10.7. The van der Waals surface area contributed by atoms with Crippen molar-refractivity contribution in [3.63, 3.8) is 0 Å². The third-order valence-electron chi connectivity index (χ3n) is 4.75. The van der Waals surface area contributed by atoms with Crippen LogP contribution >= 0.6 is 34.8 Å². The van der Waals surface area contributed by atoms with Gasteiger partial charge >= 0.3 is 5.97 Å². The molecule has 2 aromatic rings. The Morgan fingerprint density at radius 2 is 1.81 bits per heavy atom. The summed E-state index contributed by atoms with van der Waals surface area (Å²) in [4.78, 5) is 12.6. The Morgan fingerprint density at radius 1 is 1.19 bits per heavy atom. The van der Waals surface area contributed by atoms with E-state index in [0.29, 0.717) is 10.6 Å². The Kier molecular flexibility index (Phi) is 7.57. The quantitative estimate of drug-likeness (QED) is 0.506. The van der Waals surface area contributed by atoms with Crippen LogP contribution in [0.4, 0.5) is 0 Å². The van der Waals surface area contributed by atoms with E-state index in [2.05, 4.69) is 0 Å². The highest BCUT2D eigenvalue weighted by Gasteiger charge is 2.37. The number of nitrogens with zero attached hydrogens (tertiary/aromatic N) is 1. The number of nitrogens with two attached hydrogens (primary N) is 1. The second kappa shape index (κ2) is 10.2. The van der Waals surface area contributed by atoms with Crippen molar-refractivity contribution in [1.29, 1.82) is 5.26 Å². The molecule has 0 aliphatic carbocycles. The molecule has 0 saturated carbocycles. The van der Waals surface area contributed by atoms with E-state index in [9.17, 15) is 10.1 Å². The highest BCUT2D eigenvalue weighted by Crippen LogP contribution is 2.44. The molecule has 1 aliphatic heterocycles. The van der Waals surface area contributed by atoms with Crippen LogP contribution in [0, 0.1) is 11.3 Å². The maximum Gasteiger partial charge on any atom is 0.338 e. The Morgan fingerprint density at radius 3 is 2.38 bits per heavy atom. The molecule has 0 bridgehead atoms. The highest BCUT2D eigenvalue weighted by atomic mass is 35.5. The summed E-state index contributed by atoms with van der Waals surface area (Å²) in [5, 5.41) is 10.7. The van der Waals surface area contributed by atoms with E-state index >= 15 is 0 Å². The number of nitriles is 1. The fraction of sp³-hybridized carbons (Fsp3) is 0.217. The van der Waals surface area contributed by atoms with Crippen LogP contribution in [-0.2, 0) is 20.9 Å². The zero-order valence-corrected chi connectivity index (χ0v) is 19.5. The van der Waals surface area contributed by atoms with Crippen LogP contribution < -0.4 is 10.5 Å². The number of ether oxygens (including phenoxy) is 3. The van der Waals surface area contributed by atoms with Gasteiger partial charge in [0, 0.05) is 5.02 Å². The molecular formula is C23H19Cl3N2O4. The van der Waals surface area contributed by atoms with Crippen LogP contribution in [-0.4, -0.2) is 12.6 Å². The summed E-state index contributed by atoms with van der Waals surface area (Å²) in [6, 6.07) is 12.3. The van der Waals surface area contributed by atoms with Crippen molar-refractivity contribution in [3.05, 3.63) is 85.4 Å². The summed E-state index contributed by atoms with van der Waals surface area (Å²) in [5.41, 5.74) is 7.48. The van der Waals surface area contributed by atoms with Gasteiger partial charge in [0.25, 0.3) is 0 Å². The maximum absolute atomic E-state index is 12.6. The smallest absolute Gasteiger partial charge is 0.338 e. The van der Waals surface area contributed by atoms with Gasteiger partial charge in [-0.2, -0.15) is 5.26 Å². The summed E-state index contributed by atoms with van der Waals surface area (Å²) >= 11 is 18.9. The molecule has 6 nitrogen and oxygen atoms in total. The summed E-state index contributed by atoms with van der Waals surface area (Å²) in [6.07, 6.45) is 0. The fourth-order valence-electron chi connectivity index (χ4n) is 3.31. The molecule has 2 aromatic carbocycles. The van der Waals surface area contributed by atoms with Crippen molar-refractivity contribution in [2.75, 3.05) is 6.61 Å². The molecule has 0 fully saturated rings. The largest absolute Gasteiger partial charge is 0.486 e. The van der Waals surface area contributed by atoms with Crippen molar-refractivity contribution in [2.24, 2.45) is 5.73 Å². The van der Waals surface area contributed by atoms with Gasteiger partial charge in [-0.15, -0.1) is 0 Å². The molecule has 0 saturated heterocycles. The molecule has 0 amide bonds. The lowest BCUT2D eigenvalue weighted by Gasteiger charge is -2.27. The number of halogens is 3. The van der Waals surface area contributed by atoms with Crippen LogP contribution in [0.1, 0.15) is 30.9 Å². The molecule has 0 aromatic heterocycles. The minimum atomic E-state index is -0.854. The van der Waals surface area contributed by atoms with Gasteiger partial charge in [-0.1, -0.05) is 46.9 Å². The van der Waals surface area contributed by atoms with Gasteiger partial charge in [0.1, 0.15) is 24.0 Å². The van der Waals surface area contributed by atoms with Crippen LogP contribution in [0.5, 0.6) is 5.75 Å². The van der Waals surface area contributed by atoms with Crippen molar-refractivity contribution >= 4 is 40.8 Å². The zero-order valence-electron chi connectivity index (χ0n) is 17.2. The molecule has 2 N–H and O–H groups in total. The molecule has 0 spiro atoms. The van der Waals surface area contributed by atoms with E-state index in [1.807, 2.05) is 18.2 Å². The number of allylic oxidation sites excluding steroid dienone is 2. The fourth-order valence-corrected chi connectivity index (χ4v) is 4.05. The minimum absolute atomic E-state index is 0.0561. The third-order valence-corrected chi connectivity index (χ3v) is 5.56. The lowest BCUT2D eigenvalue weighted by Crippen LogP contribution is -2.25. The second-order valence-electron chi connectivity index (χ2n) is 6.84. The number of benzene rings is 2. The summed E-state index contributed by atoms with van der Waals surface area (Å²) in [5.74, 6) is -1.06. The molecule has 9 heteroatoms. The number of carbonyl (C=O) groups excluding carboxylic acids is 1. The van der Waals surface area contributed by atoms with E-state index in [-0.39, 0.29) is 51.8 Å². The normalized spacial score (nSPS) is 15.8. The van der Waals surface area contributed by atoms with Gasteiger partial charge in [-0.3, -0.25) is 0 Å². The van der Waals surface area contributed by atoms with E-state index in [1.165, 1.54) is 0 Å². The lowest BCUT2D eigenvalue weighted by atomic mass is 9.83. The van der Waals surface area contributed by atoms with E-state index in [4.69, 9.17) is 54.7 Å². The van der Waals surface area contributed by atoms with Crippen molar-refractivity contribution < 1.29 is 19.0 Å². The number of carbonyl (C=O) groups is 1. The molecule has 166 valence electrons. The predicted molar refractivity (Wildman–Crippen MR) is 122 cm³/mol. The highest BCUT2D eigenvalue weighted by molar-refractivity contribution is 6.37. The lowest BCUT2D eigenvalue weighted by molar-refractivity contribution is -0.139.